The van der Waals surface area contributed by atoms with Crippen molar-refractivity contribution in [3.8, 4) is 11.5 Å². The molecule has 0 saturated carbocycles. The van der Waals surface area contributed by atoms with E-state index in [4.69, 9.17) is 9.47 Å². The molecule has 0 atom stereocenters. The Hall–Kier alpha value is -3.87. The maximum atomic E-state index is 13.0. The lowest BCUT2D eigenvalue weighted by Crippen LogP contribution is -2.36. The van der Waals surface area contributed by atoms with Crippen molar-refractivity contribution >= 4 is 11.6 Å². The van der Waals surface area contributed by atoms with Gasteiger partial charge in [0.15, 0.2) is 12.4 Å². The summed E-state index contributed by atoms with van der Waals surface area (Å²) in [5, 5.41) is 11.3. The maximum Gasteiger partial charge on any atom is 0.314 e. The summed E-state index contributed by atoms with van der Waals surface area (Å²) in [7, 11) is 1.43. The molecular weight excluding hydrogens is 396 g/mol. The monoisotopic (exact) mass is 420 g/mol. The third-order valence-electron chi connectivity index (χ3n) is 4.80. The minimum atomic E-state index is -0.556. The van der Waals surface area contributed by atoms with Gasteiger partial charge >= 0.3 is 5.69 Å². The first-order valence-corrected chi connectivity index (χ1v) is 9.87. The van der Waals surface area contributed by atoms with Crippen LogP contribution in [-0.4, -0.2) is 36.0 Å². The van der Waals surface area contributed by atoms with Gasteiger partial charge in [0.2, 0.25) is 0 Å². The molecule has 3 aromatic rings. The van der Waals surface area contributed by atoms with Gasteiger partial charge in [0.25, 0.3) is 5.91 Å². The summed E-state index contributed by atoms with van der Waals surface area (Å²) in [6.07, 6.45) is 0.697. The van der Waals surface area contributed by atoms with E-state index in [2.05, 4.69) is 0 Å². The van der Waals surface area contributed by atoms with Crippen LogP contribution in [0.3, 0.4) is 0 Å². The van der Waals surface area contributed by atoms with Crippen LogP contribution in [0.15, 0.2) is 78.9 Å². The fraction of sp³-hybridized carbons (Fsp3) is 0.208. The molecule has 0 N–H and O–H groups in total. The number of nitro benzene ring substituents is 1. The minimum absolute atomic E-state index is 0.0295. The zero-order chi connectivity index (χ0) is 22.1. The Morgan fingerprint density at radius 1 is 0.968 bits per heavy atom. The molecule has 7 nitrogen and oxygen atoms in total. The number of rotatable bonds is 10. The molecule has 0 fully saturated rings. The van der Waals surface area contributed by atoms with E-state index in [1.54, 1.807) is 11.0 Å². The summed E-state index contributed by atoms with van der Waals surface area (Å²) in [6.45, 7) is 0.640. The fourth-order valence-corrected chi connectivity index (χ4v) is 3.12. The topological polar surface area (TPSA) is 81.9 Å². The Morgan fingerprint density at radius 2 is 1.61 bits per heavy atom. The molecule has 0 aliphatic rings. The van der Waals surface area contributed by atoms with E-state index in [0.717, 1.165) is 11.1 Å². The first-order chi connectivity index (χ1) is 15.1. The van der Waals surface area contributed by atoms with Gasteiger partial charge in [-0.25, -0.2) is 0 Å². The molecule has 1 amide bonds. The average molecular weight is 420 g/mol. The van der Waals surface area contributed by atoms with Crippen LogP contribution in [0.1, 0.15) is 11.1 Å². The van der Waals surface area contributed by atoms with E-state index in [1.807, 2.05) is 60.7 Å². The second-order valence-electron chi connectivity index (χ2n) is 6.92. The average Bonchev–Trinajstić information content (AvgIpc) is 2.81. The highest BCUT2D eigenvalue weighted by atomic mass is 16.6. The molecule has 0 spiro atoms. The van der Waals surface area contributed by atoms with Crippen LogP contribution in [0.5, 0.6) is 11.5 Å². The van der Waals surface area contributed by atoms with Crippen molar-refractivity contribution in [2.45, 2.75) is 13.0 Å². The lowest BCUT2D eigenvalue weighted by molar-refractivity contribution is -0.385. The maximum absolute atomic E-state index is 13.0. The van der Waals surface area contributed by atoms with Gasteiger partial charge in [0, 0.05) is 13.1 Å². The Balaban J connectivity index is 1.71. The van der Waals surface area contributed by atoms with Crippen LogP contribution in [-0.2, 0) is 17.8 Å². The molecule has 31 heavy (non-hydrogen) atoms. The highest BCUT2D eigenvalue weighted by molar-refractivity contribution is 5.78. The third kappa shape index (κ3) is 6.30. The molecule has 0 saturated heterocycles. The Bertz CT molecular complexity index is 1010. The fourth-order valence-electron chi connectivity index (χ4n) is 3.12. The number of methoxy groups -OCH3 is 1. The third-order valence-corrected chi connectivity index (χ3v) is 4.80. The predicted octanol–water partition coefficient (Wildman–Crippen LogP) is 4.25. The summed E-state index contributed by atoms with van der Waals surface area (Å²) in [4.78, 5) is 25.4. The normalized spacial score (nSPS) is 10.4. The Labute approximate surface area is 181 Å². The number of amides is 1. The zero-order valence-electron chi connectivity index (χ0n) is 17.3. The van der Waals surface area contributed by atoms with Crippen LogP contribution in [0.2, 0.25) is 0 Å². The first kappa shape index (κ1) is 21.8. The number of carbonyl (C=O) groups excluding carboxylic acids is 1. The highest BCUT2D eigenvalue weighted by Gasteiger charge is 2.20. The quantitative estimate of drug-likeness (QED) is 0.362. The SMILES string of the molecule is COc1ccc(OCC(=O)N(CCc2ccccc2)Cc2ccccc2)c([N+](=O)[O-])c1. The molecule has 0 aliphatic carbocycles. The molecular formula is C24H24N2O5. The number of ether oxygens (including phenoxy) is 2. The lowest BCUT2D eigenvalue weighted by Gasteiger charge is -2.23. The second-order valence-corrected chi connectivity index (χ2v) is 6.92. The van der Waals surface area contributed by atoms with E-state index < -0.39 is 4.92 Å². The second kappa shape index (κ2) is 10.8. The van der Waals surface area contributed by atoms with Gasteiger partial charge in [-0.05, 0) is 29.7 Å². The van der Waals surface area contributed by atoms with Gasteiger partial charge in [0.1, 0.15) is 5.75 Å². The van der Waals surface area contributed by atoms with Gasteiger partial charge in [-0.2, -0.15) is 0 Å². The molecule has 3 aromatic carbocycles. The number of nitro groups is 1. The number of benzene rings is 3. The number of carbonyl (C=O) groups is 1. The van der Waals surface area contributed by atoms with Gasteiger partial charge in [-0.3, -0.25) is 14.9 Å². The van der Waals surface area contributed by atoms with Crippen molar-refractivity contribution in [2.24, 2.45) is 0 Å². The zero-order valence-corrected chi connectivity index (χ0v) is 17.3. The molecule has 0 bridgehead atoms. The van der Waals surface area contributed by atoms with Crippen molar-refractivity contribution in [3.63, 3.8) is 0 Å². The molecule has 0 aromatic heterocycles. The van der Waals surface area contributed by atoms with E-state index in [9.17, 15) is 14.9 Å². The Morgan fingerprint density at radius 3 is 2.23 bits per heavy atom. The molecule has 0 heterocycles. The summed E-state index contributed by atoms with van der Waals surface area (Å²) in [5.74, 6) is 0.130. The van der Waals surface area contributed by atoms with E-state index in [0.29, 0.717) is 25.3 Å². The van der Waals surface area contributed by atoms with E-state index in [1.165, 1.54) is 19.2 Å². The largest absolute Gasteiger partial charge is 0.496 e. The van der Waals surface area contributed by atoms with Gasteiger partial charge in [-0.1, -0.05) is 60.7 Å². The first-order valence-electron chi connectivity index (χ1n) is 9.87. The molecule has 160 valence electrons. The summed E-state index contributed by atoms with van der Waals surface area (Å²) < 4.78 is 10.6. The highest BCUT2D eigenvalue weighted by Crippen LogP contribution is 2.31. The van der Waals surface area contributed by atoms with Crippen LogP contribution >= 0.6 is 0 Å². The number of hydrogen-bond acceptors (Lipinski definition) is 5. The molecule has 3 rings (SSSR count). The van der Waals surface area contributed by atoms with Crippen LogP contribution in [0, 0.1) is 10.1 Å². The van der Waals surface area contributed by atoms with Crippen molar-refractivity contribution < 1.29 is 19.2 Å². The summed E-state index contributed by atoms with van der Waals surface area (Å²) in [5.41, 5.74) is 1.88. The predicted molar refractivity (Wildman–Crippen MR) is 117 cm³/mol. The van der Waals surface area contributed by atoms with Crippen molar-refractivity contribution in [1.29, 1.82) is 0 Å². The molecule has 0 radical (unpaired) electrons. The van der Waals surface area contributed by atoms with Crippen molar-refractivity contribution in [1.82, 2.24) is 4.90 Å². The van der Waals surface area contributed by atoms with E-state index >= 15 is 0 Å². The van der Waals surface area contributed by atoms with Gasteiger partial charge < -0.3 is 14.4 Å². The van der Waals surface area contributed by atoms with Crippen LogP contribution in [0.25, 0.3) is 0 Å². The number of hydrogen-bond donors (Lipinski definition) is 0. The summed E-state index contributed by atoms with van der Waals surface area (Å²) >= 11 is 0. The standard InChI is InChI=1S/C24H24N2O5/c1-30-21-12-13-23(22(16-21)26(28)29)31-18-24(27)25(17-20-10-6-3-7-11-20)15-14-19-8-4-2-5-9-19/h2-13,16H,14-15,17-18H2,1H3. The van der Waals surface area contributed by atoms with Crippen LogP contribution < -0.4 is 9.47 Å². The van der Waals surface area contributed by atoms with Crippen LogP contribution in [0.4, 0.5) is 5.69 Å². The number of nitrogens with zero attached hydrogens (tertiary/aromatic N) is 2. The molecule has 7 heteroatoms. The molecule has 0 aliphatic heterocycles. The van der Waals surface area contributed by atoms with Gasteiger partial charge in [-0.15, -0.1) is 0 Å². The smallest absolute Gasteiger partial charge is 0.314 e. The molecule has 0 unspecified atom stereocenters. The lowest BCUT2D eigenvalue weighted by atomic mass is 10.1. The van der Waals surface area contributed by atoms with Crippen molar-refractivity contribution in [3.05, 3.63) is 100 Å². The van der Waals surface area contributed by atoms with E-state index in [-0.39, 0.29) is 24.0 Å². The van der Waals surface area contributed by atoms with Crippen molar-refractivity contribution in [2.75, 3.05) is 20.3 Å². The minimum Gasteiger partial charge on any atom is -0.496 e. The van der Waals surface area contributed by atoms with Gasteiger partial charge in [0.05, 0.1) is 18.1 Å². The Kier molecular flexibility index (Phi) is 7.59. The summed E-state index contributed by atoms with van der Waals surface area (Å²) in [6, 6.07) is 23.9.